The van der Waals surface area contributed by atoms with Gasteiger partial charge in [0, 0.05) is 38.8 Å². The average molecular weight is 395 g/mol. The van der Waals surface area contributed by atoms with Gasteiger partial charge in [0.15, 0.2) is 0 Å². The lowest BCUT2D eigenvalue weighted by atomic mass is 9.74. The van der Waals surface area contributed by atoms with E-state index in [4.69, 9.17) is 9.47 Å². The van der Waals surface area contributed by atoms with Gasteiger partial charge in [0.2, 0.25) is 5.91 Å². The molecule has 2 saturated heterocycles. The van der Waals surface area contributed by atoms with Gasteiger partial charge in [-0.2, -0.15) is 0 Å². The summed E-state index contributed by atoms with van der Waals surface area (Å²) in [5, 5.41) is 3.25. The summed E-state index contributed by atoms with van der Waals surface area (Å²) >= 11 is 0. The van der Waals surface area contributed by atoms with Gasteiger partial charge in [-0.25, -0.2) is 0 Å². The number of pyridine rings is 1. The predicted octanol–water partition coefficient (Wildman–Crippen LogP) is 3.63. The van der Waals surface area contributed by atoms with Crippen LogP contribution in [0.4, 0.5) is 0 Å². The molecule has 1 atom stereocenters. The highest BCUT2D eigenvalue weighted by Gasteiger charge is 2.40. The van der Waals surface area contributed by atoms with Gasteiger partial charge in [0.25, 0.3) is 0 Å². The molecule has 0 spiro atoms. The maximum absolute atomic E-state index is 13.3. The Balaban J connectivity index is 1.48. The molecule has 29 heavy (non-hydrogen) atoms. The van der Waals surface area contributed by atoms with Crippen molar-refractivity contribution in [1.29, 1.82) is 0 Å². The van der Waals surface area contributed by atoms with Crippen LogP contribution in [-0.4, -0.2) is 43.9 Å². The number of amides is 1. The Kier molecular flexibility index (Phi) is 6.57. The molecule has 1 amide bonds. The van der Waals surface area contributed by atoms with Crippen molar-refractivity contribution in [2.75, 3.05) is 33.0 Å². The second-order valence-corrected chi connectivity index (χ2v) is 8.30. The molecule has 5 nitrogen and oxygen atoms in total. The van der Waals surface area contributed by atoms with Gasteiger partial charge in [-0.15, -0.1) is 0 Å². The Labute approximate surface area is 172 Å². The molecule has 2 fully saturated rings. The SMILES string of the molecule is O=C(NC[C@H]1CCCOC1)C1(Cc2cccc(-c3ccncc3)c2)CCOCC1. The predicted molar refractivity (Wildman–Crippen MR) is 112 cm³/mol. The second-order valence-electron chi connectivity index (χ2n) is 8.30. The van der Waals surface area contributed by atoms with Gasteiger partial charge >= 0.3 is 0 Å². The first-order valence-electron chi connectivity index (χ1n) is 10.7. The Morgan fingerprint density at radius 2 is 1.90 bits per heavy atom. The quantitative estimate of drug-likeness (QED) is 0.813. The highest BCUT2D eigenvalue weighted by Crippen LogP contribution is 2.36. The summed E-state index contributed by atoms with van der Waals surface area (Å²) in [6.45, 7) is 3.59. The third-order valence-corrected chi connectivity index (χ3v) is 6.22. The Hall–Kier alpha value is -2.24. The van der Waals surface area contributed by atoms with Gasteiger partial charge in [-0.3, -0.25) is 9.78 Å². The number of ether oxygens (including phenoxy) is 2. The lowest BCUT2D eigenvalue weighted by Crippen LogP contribution is -2.47. The van der Waals surface area contributed by atoms with Crippen LogP contribution >= 0.6 is 0 Å². The number of nitrogens with one attached hydrogen (secondary N) is 1. The van der Waals surface area contributed by atoms with Crippen molar-refractivity contribution >= 4 is 5.91 Å². The van der Waals surface area contributed by atoms with E-state index in [1.54, 1.807) is 0 Å². The molecule has 154 valence electrons. The van der Waals surface area contributed by atoms with E-state index < -0.39 is 5.41 Å². The van der Waals surface area contributed by atoms with Gasteiger partial charge in [0.05, 0.1) is 12.0 Å². The summed E-state index contributed by atoms with van der Waals surface area (Å²) in [5.74, 6) is 0.597. The molecule has 2 aliphatic heterocycles. The van der Waals surface area contributed by atoms with Crippen LogP contribution in [0.25, 0.3) is 11.1 Å². The molecule has 2 aromatic rings. The number of nitrogens with zero attached hydrogens (tertiary/aromatic N) is 1. The fraction of sp³-hybridized carbons (Fsp3) is 0.500. The number of benzene rings is 1. The van der Waals surface area contributed by atoms with Gasteiger partial charge < -0.3 is 14.8 Å². The third kappa shape index (κ3) is 5.03. The van der Waals surface area contributed by atoms with Crippen molar-refractivity contribution < 1.29 is 14.3 Å². The first-order valence-corrected chi connectivity index (χ1v) is 10.7. The monoisotopic (exact) mass is 394 g/mol. The lowest BCUT2D eigenvalue weighted by Gasteiger charge is -2.36. The van der Waals surface area contributed by atoms with Crippen LogP contribution in [0.2, 0.25) is 0 Å². The van der Waals surface area contributed by atoms with Crippen molar-refractivity contribution in [1.82, 2.24) is 10.3 Å². The molecule has 0 aliphatic carbocycles. The van der Waals surface area contributed by atoms with Crippen molar-refractivity contribution in [3.05, 3.63) is 54.4 Å². The molecule has 1 aromatic heterocycles. The smallest absolute Gasteiger partial charge is 0.226 e. The minimum Gasteiger partial charge on any atom is -0.381 e. The number of hydrogen-bond acceptors (Lipinski definition) is 4. The molecular formula is C24H30N2O3. The van der Waals surface area contributed by atoms with Crippen LogP contribution in [0.1, 0.15) is 31.2 Å². The van der Waals surface area contributed by atoms with Crippen LogP contribution in [0.5, 0.6) is 0 Å². The highest BCUT2D eigenvalue weighted by molar-refractivity contribution is 5.83. The Bertz CT molecular complexity index is 797. The second kappa shape index (κ2) is 9.51. The van der Waals surface area contributed by atoms with Crippen LogP contribution < -0.4 is 5.32 Å². The molecule has 0 saturated carbocycles. The highest BCUT2D eigenvalue weighted by atomic mass is 16.5. The normalized spacial score (nSPS) is 21.4. The molecule has 5 heteroatoms. The van der Waals surface area contributed by atoms with Crippen LogP contribution in [0.3, 0.4) is 0 Å². The minimum atomic E-state index is -0.398. The van der Waals surface area contributed by atoms with E-state index in [1.165, 1.54) is 5.56 Å². The third-order valence-electron chi connectivity index (χ3n) is 6.22. The number of rotatable bonds is 6. The van der Waals surface area contributed by atoms with Crippen molar-refractivity contribution in [2.45, 2.75) is 32.1 Å². The van der Waals surface area contributed by atoms with Crippen molar-refractivity contribution in [2.24, 2.45) is 11.3 Å². The first-order chi connectivity index (χ1) is 14.3. The van der Waals surface area contributed by atoms with E-state index >= 15 is 0 Å². The molecule has 1 aromatic carbocycles. The van der Waals surface area contributed by atoms with E-state index in [-0.39, 0.29) is 5.91 Å². The van der Waals surface area contributed by atoms with Crippen LogP contribution in [0.15, 0.2) is 48.8 Å². The van der Waals surface area contributed by atoms with E-state index in [2.05, 4.69) is 34.6 Å². The molecule has 1 N–H and O–H groups in total. The molecule has 0 bridgehead atoms. The molecule has 4 rings (SSSR count). The van der Waals surface area contributed by atoms with E-state index in [1.807, 2.05) is 24.5 Å². The summed E-state index contributed by atoms with van der Waals surface area (Å²) in [6, 6.07) is 12.6. The average Bonchev–Trinajstić information content (AvgIpc) is 2.79. The van der Waals surface area contributed by atoms with Crippen molar-refractivity contribution in [3.63, 3.8) is 0 Å². The minimum absolute atomic E-state index is 0.167. The maximum Gasteiger partial charge on any atom is 0.226 e. The van der Waals surface area contributed by atoms with E-state index in [9.17, 15) is 4.79 Å². The van der Waals surface area contributed by atoms with Gasteiger partial charge in [-0.1, -0.05) is 24.3 Å². The molecule has 0 unspecified atom stereocenters. The van der Waals surface area contributed by atoms with Gasteiger partial charge in [0.1, 0.15) is 0 Å². The van der Waals surface area contributed by atoms with Crippen molar-refractivity contribution in [3.8, 4) is 11.1 Å². The van der Waals surface area contributed by atoms with E-state index in [0.717, 1.165) is 56.4 Å². The zero-order chi connectivity index (χ0) is 19.9. The maximum atomic E-state index is 13.3. The molecule has 3 heterocycles. The Morgan fingerprint density at radius 1 is 1.07 bits per heavy atom. The number of carbonyl (C=O) groups excluding carboxylic acids is 1. The topological polar surface area (TPSA) is 60.5 Å². The Morgan fingerprint density at radius 3 is 2.66 bits per heavy atom. The summed E-state index contributed by atoms with van der Waals surface area (Å²) in [4.78, 5) is 17.4. The summed E-state index contributed by atoms with van der Waals surface area (Å²) in [6.07, 6.45) is 8.10. The number of carbonyl (C=O) groups is 1. The fourth-order valence-corrected chi connectivity index (χ4v) is 4.44. The van der Waals surface area contributed by atoms with Crippen LogP contribution in [-0.2, 0) is 20.7 Å². The summed E-state index contributed by atoms with van der Waals surface area (Å²) in [5.41, 5.74) is 3.10. The van der Waals surface area contributed by atoms with E-state index in [0.29, 0.717) is 25.7 Å². The number of hydrogen-bond donors (Lipinski definition) is 1. The molecule has 0 radical (unpaired) electrons. The molecular weight excluding hydrogens is 364 g/mol. The molecule has 2 aliphatic rings. The zero-order valence-corrected chi connectivity index (χ0v) is 16.9. The summed E-state index contributed by atoms with van der Waals surface area (Å²) in [7, 11) is 0. The van der Waals surface area contributed by atoms with Crippen LogP contribution in [0, 0.1) is 11.3 Å². The number of aromatic nitrogens is 1. The lowest BCUT2D eigenvalue weighted by molar-refractivity contribution is -0.137. The largest absolute Gasteiger partial charge is 0.381 e. The zero-order valence-electron chi connectivity index (χ0n) is 16.9. The first kappa shape index (κ1) is 20.0. The fourth-order valence-electron chi connectivity index (χ4n) is 4.44. The van der Waals surface area contributed by atoms with Gasteiger partial charge in [-0.05, 0) is 66.8 Å². The standard InChI is InChI=1S/C24H30N2O3/c27-23(26-17-20-4-2-12-29-18-20)24(8-13-28-14-9-24)16-19-3-1-5-22(15-19)21-6-10-25-11-7-21/h1,3,5-7,10-11,15,20H,2,4,8-9,12-14,16-18H2,(H,26,27)/t20-/m1/s1. The summed E-state index contributed by atoms with van der Waals surface area (Å²) < 4.78 is 11.2.